The summed E-state index contributed by atoms with van der Waals surface area (Å²) in [4.78, 5) is 17.7. The first-order valence-corrected chi connectivity index (χ1v) is 15.3. The summed E-state index contributed by atoms with van der Waals surface area (Å²) in [5, 5.41) is 3.23. The molecule has 0 saturated carbocycles. The number of amides is 1. The highest BCUT2D eigenvalue weighted by Crippen LogP contribution is 2.36. The molecule has 38 heavy (non-hydrogen) atoms. The van der Waals surface area contributed by atoms with E-state index >= 15 is 0 Å². The summed E-state index contributed by atoms with van der Waals surface area (Å²) >= 11 is 6.36. The highest BCUT2D eigenvalue weighted by Gasteiger charge is 2.23. The number of nitrogens with zero attached hydrogens (tertiary/aromatic N) is 1. The van der Waals surface area contributed by atoms with E-state index in [1.54, 1.807) is 36.5 Å². The third-order valence-corrected chi connectivity index (χ3v) is 8.30. The van der Waals surface area contributed by atoms with Gasteiger partial charge in [-0.2, -0.15) is 0 Å². The van der Waals surface area contributed by atoms with E-state index in [9.17, 15) is 21.6 Å². The number of halogens is 1. The monoisotopic (exact) mass is 570 g/mol. The number of ether oxygens (including phenoxy) is 1. The Balaban J connectivity index is 1.86. The Labute approximate surface area is 226 Å². The molecule has 0 unspecified atom stereocenters. The number of hydrogen-bond donors (Lipinski definition) is 1. The number of aromatic nitrogens is 1. The smallest absolute Gasteiger partial charge is 0.256 e. The molecule has 3 aromatic carbocycles. The van der Waals surface area contributed by atoms with Gasteiger partial charge in [0.05, 0.1) is 27.6 Å². The summed E-state index contributed by atoms with van der Waals surface area (Å²) in [5.74, 6) is -0.252. The quantitative estimate of drug-likeness (QED) is 0.327. The molecule has 4 aromatic rings. The van der Waals surface area contributed by atoms with Crippen LogP contribution < -0.4 is 10.1 Å². The minimum atomic E-state index is -3.76. The summed E-state index contributed by atoms with van der Waals surface area (Å²) in [6.45, 7) is 0. The van der Waals surface area contributed by atoms with Crippen molar-refractivity contribution in [3.63, 3.8) is 0 Å². The van der Waals surface area contributed by atoms with E-state index in [4.69, 9.17) is 16.3 Å². The van der Waals surface area contributed by atoms with Crippen LogP contribution in [0.4, 0.5) is 5.69 Å². The van der Waals surface area contributed by atoms with Crippen LogP contribution in [0, 0.1) is 0 Å². The Morgan fingerprint density at radius 2 is 1.61 bits per heavy atom. The maximum absolute atomic E-state index is 13.5. The molecule has 196 valence electrons. The molecule has 0 aliphatic carbocycles. The average Bonchev–Trinajstić information content (AvgIpc) is 2.88. The van der Waals surface area contributed by atoms with Gasteiger partial charge in [-0.3, -0.25) is 9.78 Å². The van der Waals surface area contributed by atoms with Crippen LogP contribution in [0.1, 0.15) is 10.4 Å². The summed E-state index contributed by atoms with van der Waals surface area (Å²) in [7, 11) is -6.01. The maximum Gasteiger partial charge on any atom is 0.256 e. The van der Waals surface area contributed by atoms with Crippen molar-refractivity contribution in [3.05, 3.63) is 89.6 Å². The second-order valence-electron chi connectivity index (χ2n) is 8.48. The molecule has 8 nitrogen and oxygen atoms in total. The van der Waals surface area contributed by atoms with Crippen molar-refractivity contribution in [1.82, 2.24) is 4.98 Å². The lowest BCUT2D eigenvalue weighted by molar-refractivity contribution is 0.102. The molecule has 1 amide bonds. The second-order valence-corrected chi connectivity index (χ2v) is 12.9. The molecule has 1 heterocycles. The topological polar surface area (TPSA) is 120 Å². The van der Waals surface area contributed by atoms with E-state index < -0.39 is 25.6 Å². The molecular weight excluding hydrogens is 548 g/mol. The van der Waals surface area contributed by atoms with Gasteiger partial charge in [0.1, 0.15) is 5.75 Å². The highest BCUT2D eigenvalue weighted by molar-refractivity contribution is 7.91. The molecule has 0 aliphatic heterocycles. The predicted octanol–water partition coefficient (Wildman–Crippen LogP) is 5.14. The standard InChI is InChI=1S/C27H23ClN2O6S2/c1-36-18-8-12-26(38(3,34)35)22(15-18)21-16-19(37(2,32)33)9-10-20(21)27(31)30-17-7-11-24(28)23(14-17)25-6-4-5-13-29-25/h4-16H,1-3H3,(H,30,31). The van der Waals surface area contributed by atoms with Gasteiger partial charge in [0, 0.05) is 41.1 Å². The largest absolute Gasteiger partial charge is 0.497 e. The number of sulfone groups is 2. The Bertz CT molecular complexity index is 1760. The SMILES string of the molecule is COc1ccc(S(C)(=O)=O)c(-c2cc(S(C)(=O)=O)ccc2C(=O)Nc2ccc(Cl)c(-c3ccccn3)c2)c1. The van der Waals surface area contributed by atoms with Crippen molar-refractivity contribution >= 4 is 42.9 Å². The minimum Gasteiger partial charge on any atom is -0.497 e. The molecule has 0 bridgehead atoms. The zero-order chi connectivity index (χ0) is 27.7. The highest BCUT2D eigenvalue weighted by atomic mass is 35.5. The summed E-state index contributed by atoms with van der Waals surface area (Å²) < 4.78 is 55.2. The Hall–Kier alpha value is -3.73. The van der Waals surface area contributed by atoms with Crippen LogP contribution in [0.25, 0.3) is 22.4 Å². The van der Waals surface area contributed by atoms with E-state index in [0.717, 1.165) is 12.5 Å². The Morgan fingerprint density at radius 3 is 2.24 bits per heavy atom. The lowest BCUT2D eigenvalue weighted by atomic mass is 9.98. The fourth-order valence-corrected chi connectivity index (χ4v) is 5.61. The third kappa shape index (κ3) is 5.88. The molecular formula is C27H23ClN2O6S2. The summed E-state index contributed by atoms with van der Waals surface area (Å²) in [6, 6.07) is 18.5. The number of benzene rings is 3. The van der Waals surface area contributed by atoms with Gasteiger partial charge in [-0.1, -0.05) is 17.7 Å². The summed E-state index contributed by atoms with van der Waals surface area (Å²) in [6.07, 6.45) is 3.69. The van der Waals surface area contributed by atoms with Crippen molar-refractivity contribution in [1.29, 1.82) is 0 Å². The van der Waals surface area contributed by atoms with Crippen LogP contribution in [-0.2, 0) is 19.7 Å². The van der Waals surface area contributed by atoms with Gasteiger partial charge in [0.15, 0.2) is 19.7 Å². The van der Waals surface area contributed by atoms with Crippen LogP contribution >= 0.6 is 11.6 Å². The number of carbonyl (C=O) groups excluding carboxylic acids is 1. The van der Waals surface area contributed by atoms with Gasteiger partial charge >= 0.3 is 0 Å². The number of rotatable bonds is 7. The van der Waals surface area contributed by atoms with Gasteiger partial charge in [-0.25, -0.2) is 16.8 Å². The lowest BCUT2D eigenvalue weighted by Crippen LogP contribution is -2.14. The first kappa shape index (κ1) is 27.3. The van der Waals surface area contributed by atoms with E-state index in [1.807, 2.05) is 6.07 Å². The molecule has 0 fully saturated rings. The average molecular weight is 571 g/mol. The van der Waals surface area contributed by atoms with Gasteiger partial charge < -0.3 is 10.1 Å². The fraction of sp³-hybridized carbons (Fsp3) is 0.111. The first-order valence-electron chi connectivity index (χ1n) is 11.1. The normalized spacial score (nSPS) is 11.7. The van der Waals surface area contributed by atoms with Crippen LogP contribution in [0.3, 0.4) is 0 Å². The van der Waals surface area contributed by atoms with Crippen molar-refractivity contribution in [2.45, 2.75) is 9.79 Å². The third-order valence-electron chi connectivity index (χ3n) is 5.71. The lowest BCUT2D eigenvalue weighted by Gasteiger charge is -2.16. The Kier molecular flexibility index (Phi) is 7.59. The van der Waals surface area contributed by atoms with E-state index in [1.165, 1.54) is 43.5 Å². The zero-order valence-corrected chi connectivity index (χ0v) is 23.0. The molecule has 0 radical (unpaired) electrons. The van der Waals surface area contributed by atoms with E-state index in [2.05, 4.69) is 10.3 Å². The summed E-state index contributed by atoms with van der Waals surface area (Å²) in [5.41, 5.74) is 1.93. The van der Waals surface area contributed by atoms with Crippen molar-refractivity contribution < 1.29 is 26.4 Å². The van der Waals surface area contributed by atoms with Crippen molar-refractivity contribution in [2.75, 3.05) is 24.9 Å². The fourth-order valence-electron chi connectivity index (χ4n) is 3.86. The van der Waals surface area contributed by atoms with Gasteiger partial charge in [0.25, 0.3) is 5.91 Å². The van der Waals surface area contributed by atoms with Crippen LogP contribution in [0.2, 0.25) is 5.02 Å². The number of methoxy groups -OCH3 is 1. The van der Waals surface area contributed by atoms with E-state index in [0.29, 0.717) is 27.7 Å². The molecule has 1 aromatic heterocycles. The number of anilines is 1. The van der Waals surface area contributed by atoms with Gasteiger partial charge in [-0.05, 0) is 72.3 Å². The van der Waals surface area contributed by atoms with E-state index in [-0.39, 0.29) is 26.5 Å². The number of carbonyl (C=O) groups is 1. The van der Waals surface area contributed by atoms with Crippen LogP contribution in [-0.4, -0.2) is 47.3 Å². The Morgan fingerprint density at radius 1 is 0.842 bits per heavy atom. The molecule has 0 saturated heterocycles. The van der Waals surface area contributed by atoms with Crippen LogP contribution in [0.15, 0.2) is 88.8 Å². The second kappa shape index (κ2) is 10.6. The number of pyridine rings is 1. The van der Waals surface area contributed by atoms with Gasteiger partial charge in [0.2, 0.25) is 0 Å². The number of hydrogen-bond acceptors (Lipinski definition) is 7. The van der Waals surface area contributed by atoms with Crippen LogP contribution in [0.5, 0.6) is 5.75 Å². The van der Waals surface area contributed by atoms with Gasteiger partial charge in [-0.15, -0.1) is 0 Å². The zero-order valence-electron chi connectivity index (χ0n) is 20.6. The molecule has 1 N–H and O–H groups in total. The molecule has 4 rings (SSSR count). The number of nitrogens with one attached hydrogen (secondary N) is 1. The van der Waals surface area contributed by atoms with Crippen molar-refractivity contribution in [2.24, 2.45) is 0 Å². The molecule has 0 aliphatic rings. The first-order chi connectivity index (χ1) is 17.9. The molecule has 11 heteroatoms. The molecule has 0 atom stereocenters. The predicted molar refractivity (Wildman–Crippen MR) is 147 cm³/mol. The molecule has 0 spiro atoms. The maximum atomic E-state index is 13.5. The van der Waals surface area contributed by atoms with Crippen molar-refractivity contribution in [3.8, 4) is 28.1 Å². The minimum absolute atomic E-state index is 0.0601.